The van der Waals surface area contributed by atoms with Gasteiger partial charge >= 0.3 is 6.01 Å². The van der Waals surface area contributed by atoms with E-state index in [9.17, 15) is 0 Å². The number of ether oxygens (including phenoxy) is 1. The van der Waals surface area contributed by atoms with E-state index in [4.69, 9.17) is 10.6 Å². The molecule has 0 aliphatic heterocycles. The van der Waals surface area contributed by atoms with E-state index in [1.54, 1.807) is 17.8 Å². The van der Waals surface area contributed by atoms with Gasteiger partial charge in [-0.2, -0.15) is 20.1 Å². The maximum absolute atomic E-state index is 5.67. The van der Waals surface area contributed by atoms with Crippen molar-refractivity contribution < 1.29 is 4.74 Å². The number of hydrogen-bond donors (Lipinski definition) is 2. The topological polar surface area (TPSA) is 107 Å². The van der Waals surface area contributed by atoms with Crippen LogP contribution in [-0.2, 0) is 7.05 Å². The van der Waals surface area contributed by atoms with Crippen molar-refractivity contribution >= 4 is 11.9 Å². The summed E-state index contributed by atoms with van der Waals surface area (Å²) >= 11 is 0. The van der Waals surface area contributed by atoms with Gasteiger partial charge in [-0.25, -0.2) is 10.5 Å². The molecule has 0 aliphatic rings. The van der Waals surface area contributed by atoms with Crippen LogP contribution < -0.4 is 20.9 Å². The quantitative estimate of drug-likeness (QED) is 0.595. The predicted molar refractivity (Wildman–Crippen MR) is 79.2 cm³/mol. The fourth-order valence-electron chi connectivity index (χ4n) is 1.88. The third kappa shape index (κ3) is 3.37. The Bertz CT molecular complexity index is 607. The third-order valence-corrected chi connectivity index (χ3v) is 2.93. The normalized spacial score (nSPS) is 10.5. The van der Waals surface area contributed by atoms with E-state index < -0.39 is 0 Å². The average Bonchev–Trinajstić information content (AvgIpc) is 2.78. The molecule has 114 valence electrons. The van der Waals surface area contributed by atoms with Crippen molar-refractivity contribution in [3.63, 3.8) is 0 Å². The molecule has 9 nitrogen and oxygen atoms in total. The van der Waals surface area contributed by atoms with Crippen LogP contribution in [0.3, 0.4) is 0 Å². The van der Waals surface area contributed by atoms with Gasteiger partial charge in [0.05, 0.1) is 5.69 Å². The second-order valence-corrected chi connectivity index (χ2v) is 4.41. The molecule has 0 aliphatic carbocycles. The number of nitrogen functional groups attached to an aromatic ring is 1. The zero-order chi connectivity index (χ0) is 15.4. The van der Waals surface area contributed by atoms with Gasteiger partial charge in [-0.15, -0.1) is 0 Å². The molecule has 0 radical (unpaired) electrons. The molecule has 0 aromatic carbocycles. The van der Waals surface area contributed by atoms with Crippen molar-refractivity contribution in [2.45, 2.75) is 20.8 Å². The van der Waals surface area contributed by atoms with Gasteiger partial charge in [-0.1, -0.05) is 0 Å². The molecule has 2 heterocycles. The number of hydrogen-bond acceptors (Lipinski definition) is 8. The number of aromatic nitrogens is 5. The summed E-state index contributed by atoms with van der Waals surface area (Å²) in [5.74, 6) is 6.71. The largest absolute Gasteiger partial charge is 0.405 e. The van der Waals surface area contributed by atoms with Crippen molar-refractivity contribution in [1.29, 1.82) is 0 Å². The van der Waals surface area contributed by atoms with Crippen LogP contribution >= 0.6 is 0 Å². The Morgan fingerprint density at radius 2 is 2.00 bits per heavy atom. The monoisotopic (exact) mass is 292 g/mol. The van der Waals surface area contributed by atoms with Gasteiger partial charge < -0.3 is 9.64 Å². The Labute approximate surface area is 123 Å². The number of rotatable bonds is 6. The van der Waals surface area contributed by atoms with Crippen molar-refractivity contribution in [3.8, 4) is 11.9 Å². The molecule has 3 N–H and O–H groups in total. The minimum absolute atomic E-state index is 0.169. The minimum Gasteiger partial charge on any atom is -0.405 e. The van der Waals surface area contributed by atoms with E-state index in [-0.39, 0.29) is 12.0 Å². The van der Waals surface area contributed by atoms with Crippen molar-refractivity contribution in [3.05, 3.63) is 11.8 Å². The Hall–Kier alpha value is -2.42. The lowest BCUT2D eigenvalue weighted by Crippen LogP contribution is -2.25. The molecule has 0 amide bonds. The maximum atomic E-state index is 5.67. The molecular formula is C12H20N8O. The summed E-state index contributed by atoms with van der Waals surface area (Å²) in [7, 11) is 1.79. The summed E-state index contributed by atoms with van der Waals surface area (Å²) in [6.07, 6.45) is 0. The van der Waals surface area contributed by atoms with Crippen LogP contribution in [0.1, 0.15) is 19.5 Å². The molecule has 0 atom stereocenters. The van der Waals surface area contributed by atoms with Gasteiger partial charge in [-0.05, 0) is 20.8 Å². The molecule has 0 saturated heterocycles. The summed E-state index contributed by atoms with van der Waals surface area (Å²) in [5.41, 5.74) is 3.27. The molecule has 0 fully saturated rings. The van der Waals surface area contributed by atoms with Gasteiger partial charge in [0.2, 0.25) is 17.8 Å². The summed E-state index contributed by atoms with van der Waals surface area (Å²) in [6.45, 7) is 7.47. The minimum atomic E-state index is 0.169. The molecule has 9 heteroatoms. The highest BCUT2D eigenvalue weighted by atomic mass is 16.5. The lowest BCUT2D eigenvalue weighted by atomic mass is 10.5. The second-order valence-electron chi connectivity index (χ2n) is 4.41. The lowest BCUT2D eigenvalue weighted by Gasteiger charge is -2.19. The van der Waals surface area contributed by atoms with Crippen LogP contribution in [0.4, 0.5) is 11.9 Å². The highest BCUT2D eigenvalue weighted by molar-refractivity contribution is 5.38. The zero-order valence-electron chi connectivity index (χ0n) is 12.7. The van der Waals surface area contributed by atoms with E-state index in [1.165, 1.54) is 0 Å². The number of hydrazine groups is 1. The molecule has 0 spiro atoms. The van der Waals surface area contributed by atoms with Gasteiger partial charge in [0.15, 0.2) is 0 Å². The van der Waals surface area contributed by atoms with E-state index in [0.29, 0.717) is 11.8 Å². The number of aryl methyl sites for hydroxylation is 2. The van der Waals surface area contributed by atoms with E-state index in [1.807, 2.05) is 25.7 Å². The third-order valence-electron chi connectivity index (χ3n) is 2.93. The van der Waals surface area contributed by atoms with Gasteiger partial charge in [-0.3, -0.25) is 5.43 Å². The van der Waals surface area contributed by atoms with Crippen LogP contribution in [0.2, 0.25) is 0 Å². The summed E-state index contributed by atoms with van der Waals surface area (Å²) in [6, 6.07) is 1.97. The SMILES string of the molecule is CCN(CC)c1nc(NN)nc(Oc2cc(C)nn2C)n1. The van der Waals surface area contributed by atoms with Gasteiger partial charge in [0, 0.05) is 26.2 Å². The van der Waals surface area contributed by atoms with E-state index in [0.717, 1.165) is 18.8 Å². The molecular weight excluding hydrogens is 272 g/mol. The first-order valence-electron chi connectivity index (χ1n) is 6.73. The number of nitrogens with two attached hydrogens (primary N) is 1. The van der Waals surface area contributed by atoms with Crippen LogP contribution in [0, 0.1) is 6.92 Å². The summed E-state index contributed by atoms with van der Waals surface area (Å²) in [5, 5.41) is 4.21. The van der Waals surface area contributed by atoms with Crippen LogP contribution in [-0.4, -0.2) is 37.8 Å². The molecule has 21 heavy (non-hydrogen) atoms. The van der Waals surface area contributed by atoms with Crippen molar-refractivity contribution in [2.75, 3.05) is 23.4 Å². The van der Waals surface area contributed by atoms with E-state index >= 15 is 0 Å². The van der Waals surface area contributed by atoms with Gasteiger partial charge in [0.25, 0.3) is 0 Å². The fraction of sp³-hybridized carbons (Fsp3) is 0.500. The highest BCUT2D eigenvalue weighted by Crippen LogP contribution is 2.21. The molecule has 0 bridgehead atoms. The highest BCUT2D eigenvalue weighted by Gasteiger charge is 2.13. The zero-order valence-corrected chi connectivity index (χ0v) is 12.7. The second kappa shape index (κ2) is 6.35. The smallest absolute Gasteiger partial charge is 0.330 e. The number of nitrogens with one attached hydrogen (secondary N) is 1. The molecule has 0 saturated carbocycles. The Balaban J connectivity index is 2.34. The standard InChI is InChI=1S/C12H20N8O/c1-5-20(6-2)11-14-10(17-13)15-12(16-11)21-9-7-8(3)18-19(9)4/h7H,5-6,13H2,1-4H3,(H,14,15,16,17). The summed E-state index contributed by atoms with van der Waals surface area (Å²) in [4.78, 5) is 14.6. The molecule has 2 aromatic rings. The van der Waals surface area contributed by atoms with Crippen LogP contribution in [0.25, 0.3) is 0 Å². The van der Waals surface area contributed by atoms with Gasteiger partial charge in [0.1, 0.15) is 0 Å². The average molecular weight is 292 g/mol. The molecule has 0 unspecified atom stereocenters. The Kier molecular flexibility index (Phi) is 4.53. The Morgan fingerprint density at radius 1 is 1.29 bits per heavy atom. The molecule has 2 aromatic heterocycles. The first kappa shape index (κ1) is 15.0. The summed E-state index contributed by atoms with van der Waals surface area (Å²) < 4.78 is 7.29. The first-order valence-corrected chi connectivity index (χ1v) is 6.73. The van der Waals surface area contributed by atoms with Crippen molar-refractivity contribution in [2.24, 2.45) is 12.9 Å². The lowest BCUT2D eigenvalue weighted by molar-refractivity contribution is 0.398. The number of anilines is 2. The van der Waals surface area contributed by atoms with Crippen molar-refractivity contribution in [1.82, 2.24) is 24.7 Å². The van der Waals surface area contributed by atoms with E-state index in [2.05, 4.69) is 25.5 Å². The first-order chi connectivity index (χ1) is 10.1. The fourth-order valence-corrected chi connectivity index (χ4v) is 1.88. The van der Waals surface area contributed by atoms with Crippen LogP contribution in [0.5, 0.6) is 11.9 Å². The van der Waals surface area contributed by atoms with Crippen LogP contribution in [0.15, 0.2) is 6.07 Å². The predicted octanol–water partition coefficient (Wildman–Crippen LogP) is 0.838. The Morgan fingerprint density at radius 3 is 2.52 bits per heavy atom. The molecule has 2 rings (SSSR count). The number of nitrogens with zero attached hydrogens (tertiary/aromatic N) is 6. The maximum Gasteiger partial charge on any atom is 0.330 e.